The van der Waals surface area contributed by atoms with Gasteiger partial charge in [0.05, 0.1) is 17.6 Å². The number of hydrogen-bond acceptors (Lipinski definition) is 6. The van der Waals surface area contributed by atoms with Crippen molar-refractivity contribution >= 4 is 28.3 Å². The van der Waals surface area contributed by atoms with Gasteiger partial charge < -0.3 is 14.8 Å². The summed E-state index contributed by atoms with van der Waals surface area (Å²) in [5.74, 6) is 1.87. The highest BCUT2D eigenvalue weighted by Gasteiger charge is 2.11. The standard InChI is InChI=1S/C21H21N7O/c1-13-23-12-18(28(13)4)17-7-15-8-19(25-11-16(15)10-24-17)26-21(29)14-5-6-22-20(9-14)27(2)3/h5-12H,1-4H3,(H,25,26,29). The van der Waals surface area contributed by atoms with Crippen LogP contribution in [0.2, 0.25) is 0 Å². The Kier molecular flexibility index (Phi) is 4.67. The number of nitrogens with one attached hydrogen (secondary N) is 1. The first kappa shape index (κ1) is 18.5. The molecule has 4 aromatic rings. The van der Waals surface area contributed by atoms with E-state index < -0.39 is 0 Å². The molecule has 0 aliphatic heterocycles. The normalized spacial score (nSPS) is 10.9. The molecule has 0 unspecified atom stereocenters. The molecule has 4 heterocycles. The van der Waals surface area contributed by atoms with Crippen LogP contribution in [0.15, 0.2) is 49.1 Å². The fourth-order valence-electron chi connectivity index (χ4n) is 2.98. The number of pyridine rings is 3. The number of amides is 1. The SMILES string of the molecule is Cc1ncc(-c2cc3cc(NC(=O)c4ccnc(N(C)C)c4)ncc3cn2)n1C. The second-order valence-electron chi connectivity index (χ2n) is 6.99. The number of fused-ring (bicyclic) bond motifs is 1. The maximum absolute atomic E-state index is 12.6. The molecule has 4 aromatic heterocycles. The van der Waals surface area contributed by atoms with Crippen LogP contribution in [0.25, 0.3) is 22.2 Å². The minimum Gasteiger partial charge on any atom is -0.363 e. The van der Waals surface area contributed by atoms with Crippen molar-refractivity contribution in [2.24, 2.45) is 7.05 Å². The largest absolute Gasteiger partial charge is 0.363 e. The quantitative estimate of drug-likeness (QED) is 0.579. The van der Waals surface area contributed by atoms with Gasteiger partial charge in [0.2, 0.25) is 0 Å². The summed E-state index contributed by atoms with van der Waals surface area (Å²) in [7, 11) is 5.72. The van der Waals surface area contributed by atoms with Crippen molar-refractivity contribution in [3.8, 4) is 11.4 Å². The molecule has 4 rings (SSSR count). The van der Waals surface area contributed by atoms with E-state index in [9.17, 15) is 4.79 Å². The third-order valence-corrected chi connectivity index (χ3v) is 4.79. The molecular weight excluding hydrogens is 366 g/mol. The maximum atomic E-state index is 12.6. The van der Waals surface area contributed by atoms with Crippen LogP contribution >= 0.6 is 0 Å². The summed E-state index contributed by atoms with van der Waals surface area (Å²) in [6.45, 7) is 1.95. The summed E-state index contributed by atoms with van der Waals surface area (Å²) < 4.78 is 1.99. The Labute approximate surface area is 168 Å². The number of hydrogen-bond donors (Lipinski definition) is 1. The number of carbonyl (C=O) groups excluding carboxylic acids is 1. The zero-order valence-corrected chi connectivity index (χ0v) is 16.7. The van der Waals surface area contributed by atoms with E-state index >= 15 is 0 Å². The Morgan fingerprint density at radius 2 is 1.79 bits per heavy atom. The van der Waals surface area contributed by atoms with Crippen molar-refractivity contribution in [2.75, 3.05) is 24.3 Å². The van der Waals surface area contributed by atoms with Crippen LogP contribution in [0.3, 0.4) is 0 Å². The first-order chi connectivity index (χ1) is 13.9. The molecule has 29 heavy (non-hydrogen) atoms. The zero-order chi connectivity index (χ0) is 20.5. The molecule has 0 spiro atoms. The molecule has 1 N–H and O–H groups in total. The van der Waals surface area contributed by atoms with Gasteiger partial charge in [0.1, 0.15) is 17.5 Å². The van der Waals surface area contributed by atoms with Gasteiger partial charge in [-0.2, -0.15) is 0 Å². The van der Waals surface area contributed by atoms with Crippen molar-refractivity contribution in [2.45, 2.75) is 6.92 Å². The smallest absolute Gasteiger partial charge is 0.257 e. The van der Waals surface area contributed by atoms with E-state index in [-0.39, 0.29) is 5.91 Å². The van der Waals surface area contributed by atoms with Gasteiger partial charge >= 0.3 is 0 Å². The van der Waals surface area contributed by atoms with Gasteiger partial charge in [-0.15, -0.1) is 0 Å². The molecule has 0 aliphatic carbocycles. The van der Waals surface area contributed by atoms with Crippen LogP contribution in [-0.4, -0.2) is 44.5 Å². The van der Waals surface area contributed by atoms with Gasteiger partial charge in [-0.25, -0.2) is 15.0 Å². The highest BCUT2D eigenvalue weighted by Crippen LogP contribution is 2.23. The van der Waals surface area contributed by atoms with Crippen LogP contribution in [0.1, 0.15) is 16.2 Å². The van der Waals surface area contributed by atoms with Crippen LogP contribution in [0.5, 0.6) is 0 Å². The van der Waals surface area contributed by atoms with Crippen LogP contribution in [0, 0.1) is 6.92 Å². The molecule has 0 aromatic carbocycles. The molecule has 146 valence electrons. The minimum atomic E-state index is -0.237. The van der Waals surface area contributed by atoms with Crippen molar-refractivity contribution in [1.82, 2.24) is 24.5 Å². The van der Waals surface area contributed by atoms with Crippen molar-refractivity contribution in [3.05, 3.63) is 60.4 Å². The molecule has 0 atom stereocenters. The van der Waals surface area contributed by atoms with Crippen molar-refractivity contribution < 1.29 is 4.79 Å². The van der Waals surface area contributed by atoms with Gasteiger partial charge in [-0.1, -0.05) is 0 Å². The Morgan fingerprint density at radius 1 is 1.00 bits per heavy atom. The number of anilines is 2. The molecule has 1 amide bonds. The number of rotatable bonds is 4. The lowest BCUT2D eigenvalue weighted by molar-refractivity contribution is 0.102. The van der Waals surface area contributed by atoms with Crippen LogP contribution < -0.4 is 10.2 Å². The number of aryl methyl sites for hydroxylation is 1. The fraction of sp³-hybridized carbons (Fsp3) is 0.190. The van der Waals surface area contributed by atoms with Crippen LogP contribution in [0.4, 0.5) is 11.6 Å². The number of carbonyl (C=O) groups is 1. The fourth-order valence-corrected chi connectivity index (χ4v) is 2.98. The molecule has 0 fully saturated rings. The first-order valence-electron chi connectivity index (χ1n) is 9.11. The van der Waals surface area contributed by atoms with E-state index in [1.807, 2.05) is 49.7 Å². The summed E-state index contributed by atoms with van der Waals surface area (Å²) in [6.07, 6.45) is 6.90. The molecule has 0 radical (unpaired) electrons. The van der Waals surface area contributed by atoms with Crippen molar-refractivity contribution in [1.29, 1.82) is 0 Å². The highest BCUT2D eigenvalue weighted by molar-refractivity contribution is 6.04. The molecule has 0 aliphatic rings. The lowest BCUT2D eigenvalue weighted by Crippen LogP contribution is -2.15. The summed E-state index contributed by atoms with van der Waals surface area (Å²) in [5, 5.41) is 4.68. The number of imidazole rings is 1. The molecule has 0 bridgehead atoms. The van der Waals surface area contributed by atoms with Gasteiger partial charge in [-0.05, 0) is 36.6 Å². The average molecular weight is 387 g/mol. The Morgan fingerprint density at radius 3 is 2.52 bits per heavy atom. The van der Waals surface area contributed by atoms with Crippen molar-refractivity contribution in [3.63, 3.8) is 0 Å². The van der Waals surface area contributed by atoms with Crippen LogP contribution in [-0.2, 0) is 7.05 Å². The van der Waals surface area contributed by atoms with Gasteiger partial charge in [0, 0.05) is 50.7 Å². The lowest BCUT2D eigenvalue weighted by atomic mass is 10.1. The first-order valence-corrected chi connectivity index (χ1v) is 9.11. The third kappa shape index (κ3) is 3.64. The summed E-state index contributed by atoms with van der Waals surface area (Å²) in [6, 6.07) is 7.23. The molecule has 0 saturated heterocycles. The predicted octanol–water partition coefficient (Wildman–Crippen LogP) is 3.05. The number of nitrogens with zero attached hydrogens (tertiary/aromatic N) is 6. The van der Waals surface area contributed by atoms with E-state index in [2.05, 4.69) is 25.3 Å². The highest BCUT2D eigenvalue weighted by atomic mass is 16.1. The third-order valence-electron chi connectivity index (χ3n) is 4.79. The Hall–Kier alpha value is -3.81. The second kappa shape index (κ2) is 7.31. The molecule has 8 heteroatoms. The Balaban J connectivity index is 1.63. The van der Waals surface area contributed by atoms with Gasteiger partial charge in [-0.3, -0.25) is 9.78 Å². The van der Waals surface area contributed by atoms with Gasteiger partial charge in [0.15, 0.2) is 0 Å². The van der Waals surface area contributed by atoms with Gasteiger partial charge in [0.25, 0.3) is 5.91 Å². The van der Waals surface area contributed by atoms with E-state index in [0.717, 1.165) is 28.0 Å². The lowest BCUT2D eigenvalue weighted by Gasteiger charge is -2.12. The second-order valence-corrected chi connectivity index (χ2v) is 6.99. The summed E-state index contributed by atoms with van der Waals surface area (Å²) in [4.78, 5) is 31.9. The minimum absolute atomic E-state index is 0.237. The van der Waals surface area contributed by atoms with E-state index in [1.54, 1.807) is 36.9 Å². The summed E-state index contributed by atoms with van der Waals surface area (Å²) >= 11 is 0. The molecule has 0 saturated carbocycles. The monoisotopic (exact) mass is 387 g/mol. The van der Waals surface area contributed by atoms with E-state index in [1.165, 1.54) is 0 Å². The zero-order valence-electron chi connectivity index (χ0n) is 16.7. The maximum Gasteiger partial charge on any atom is 0.257 e. The van der Waals surface area contributed by atoms with E-state index in [4.69, 9.17) is 0 Å². The predicted molar refractivity (Wildman–Crippen MR) is 113 cm³/mol. The topological polar surface area (TPSA) is 88.8 Å². The molecular formula is C21H21N7O. The average Bonchev–Trinajstić information content (AvgIpc) is 3.06. The Bertz CT molecular complexity index is 1210. The molecule has 8 nitrogen and oxygen atoms in total. The summed E-state index contributed by atoms with van der Waals surface area (Å²) in [5.41, 5.74) is 2.26. The van der Waals surface area contributed by atoms with E-state index in [0.29, 0.717) is 17.2 Å². The number of aromatic nitrogens is 5.